The zero-order chi connectivity index (χ0) is 15.2. The van der Waals surface area contributed by atoms with Crippen LogP contribution in [0.25, 0.3) is 0 Å². The fourth-order valence-corrected chi connectivity index (χ4v) is 3.13. The van der Waals surface area contributed by atoms with Crippen LogP contribution in [0.2, 0.25) is 0 Å². The van der Waals surface area contributed by atoms with E-state index in [-0.39, 0.29) is 10.9 Å². The second-order valence-corrected chi connectivity index (χ2v) is 7.07. The Morgan fingerprint density at radius 1 is 1.35 bits per heavy atom. The van der Waals surface area contributed by atoms with Gasteiger partial charge in [0.25, 0.3) is 0 Å². The summed E-state index contributed by atoms with van der Waals surface area (Å²) in [5.74, 6) is 0. The molecule has 0 saturated carbocycles. The third kappa shape index (κ3) is 5.60. The fourth-order valence-electron chi connectivity index (χ4n) is 1.90. The lowest BCUT2D eigenvalue weighted by molar-refractivity contribution is 0.514. The van der Waals surface area contributed by atoms with E-state index in [0.717, 1.165) is 19.4 Å². The highest BCUT2D eigenvalue weighted by molar-refractivity contribution is 7.89. The number of aromatic nitrogens is 2. The van der Waals surface area contributed by atoms with Crippen LogP contribution in [0, 0.1) is 0 Å². The van der Waals surface area contributed by atoms with Gasteiger partial charge in [0, 0.05) is 24.8 Å². The molecule has 116 valence electrons. The number of nitrogens with zero attached hydrogens (tertiary/aromatic N) is 2. The molecule has 0 fully saturated rings. The van der Waals surface area contributed by atoms with E-state index in [4.69, 9.17) is 0 Å². The molecule has 1 heterocycles. The van der Waals surface area contributed by atoms with Gasteiger partial charge in [0.1, 0.15) is 4.90 Å². The summed E-state index contributed by atoms with van der Waals surface area (Å²) in [6.07, 6.45) is 4.74. The Morgan fingerprint density at radius 3 is 2.65 bits per heavy atom. The van der Waals surface area contributed by atoms with Gasteiger partial charge in [-0.15, -0.1) is 0 Å². The van der Waals surface area contributed by atoms with Crippen molar-refractivity contribution in [3.63, 3.8) is 0 Å². The van der Waals surface area contributed by atoms with E-state index in [2.05, 4.69) is 29.0 Å². The van der Waals surface area contributed by atoms with Gasteiger partial charge in [-0.3, -0.25) is 4.68 Å². The van der Waals surface area contributed by atoms with Crippen molar-refractivity contribution in [2.24, 2.45) is 0 Å². The van der Waals surface area contributed by atoms with Crippen LogP contribution in [0.5, 0.6) is 0 Å². The minimum atomic E-state index is -3.46. The smallest absolute Gasteiger partial charge is 0.243 e. The third-order valence-corrected chi connectivity index (χ3v) is 4.44. The first kappa shape index (κ1) is 17.1. The van der Waals surface area contributed by atoms with Crippen LogP contribution in [-0.4, -0.2) is 36.8 Å². The topological polar surface area (TPSA) is 76.0 Å². The molecule has 6 nitrogen and oxygen atoms in total. The first-order valence-corrected chi connectivity index (χ1v) is 8.61. The average molecular weight is 302 g/mol. The molecule has 20 heavy (non-hydrogen) atoms. The van der Waals surface area contributed by atoms with Crippen LogP contribution in [0.4, 0.5) is 0 Å². The van der Waals surface area contributed by atoms with E-state index in [1.54, 1.807) is 10.9 Å². The molecular formula is C13H26N4O2S. The van der Waals surface area contributed by atoms with Crippen molar-refractivity contribution in [2.45, 2.75) is 64.1 Å². The van der Waals surface area contributed by atoms with Crippen molar-refractivity contribution < 1.29 is 8.42 Å². The highest BCUT2D eigenvalue weighted by Gasteiger charge is 2.18. The van der Waals surface area contributed by atoms with Crippen molar-refractivity contribution in [1.29, 1.82) is 0 Å². The molecule has 0 spiro atoms. The van der Waals surface area contributed by atoms with Crippen LogP contribution >= 0.6 is 0 Å². The molecular weight excluding hydrogens is 276 g/mol. The van der Waals surface area contributed by atoms with E-state index >= 15 is 0 Å². The van der Waals surface area contributed by atoms with Gasteiger partial charge in [0.15, 0.2) is 0 Å². The first-order valence-electron chi connectivity index (χ1n) is 7.13. The predicted molar refractivity (Wildman–Crippen MR) is 80.1 cm³/mol. The Balaban J connectivity index is 2.61. The van der Waals surface area contributed by atoms with E-state index in [9.17, 15) is 8.42 Å². The maximum atomic E-state index is 12.1. The summed E-state index contributed by atoms with van der Waals surface area (Å²) in [6.45, 7) is 9.45. The molecule has 0 saturated heterocycles. The number of hydrogen-bond donors (Lipinski definition) is 2. The lowest BCUT2D eigenvalue weighted by Crippen LogP contribution is -2.32. The summed E-state index contributed by atoms with van der Waals surface area (Å²) in [7, 11) is -3.46. The maximum Gasteiger partial charge on any atom is 0.243 e. The zero-order valence-electron chi connectivity index (χ0n) is 12.8. The van der Waals surface area contributed by atoms with Gasteiger partial charge in [-0.2, -0.15) is 5.10 Å². The molecule has 1 aromatic rings. The summed E-state index contributed by atoms with van der Waals surface area (Å²) < 4.78 is 28.6. The molecule has 1 atom stereocenters. The lowest BCUT2D eigenvalue weighted by atomic mass is 10.2. The predicted octanol–water partition coefficient (Wildman–Crippen LogP) is 1.35. The summed E-state index contributed by atoms with van der Waals surface area (Å²) >= 11 is 0. The van der Waals surface area contributed by atoms with Crippen molar-refractivity contribution >= 4 is 10.0 Å². The Kier molecular flexibility index (Phi) is 6.64. The van der Waals surface area contributed by atoms with Gasteiger partial charge in [-0.05, 0) is 13.3 Å². The summed E-state index contributed by atoms with van der Waals surface area (Å²) in [4.78, 5) is 0.227. The molecule has 7 heteroatoms. The molecule has 1 rings (SSSR count). The Morgan fingerprint density at radius 2 is 2.05 bits per heavy atom. The minimum Gasteiger partial charge on any atom is -0.313 e. The van der Waals surface area contributed by atoms with E-state index in [0.29, 0.717) is 12.6 Å². The largest absolute Gasteiger partial charge is 0.313 e. The van der Waals surface area contributed by atoms with E-state index in [1.807, 2.05) is 13.8 Å². The van der Waals surface area contributed by atoms with Crippen molar-refractivity contribution in [1.82, 2.24) is 19.8 Å². The normalized spacial score (nSPS) is 13.8. The van der Waals surface area contributed by atoms with Crippen molar-refractivity contribution in [3.8, 4) is 0 Å². The number of rotatable bonds is 9. The Hall–Kier alpha value is -0.920. The SMILES string of the molecule is CCCC(C)NS(=O)(=O)c1cnn(CCNC(C)C)c1. The lowest BCUT2D eigenvalue weighted by Gasteiger charge is -2.11. The highest BCUT2D eigenvalue weighted by atomic mass is 32.2. The Bertz CT molecular complexity index is 496. The average Bonchev–Trinajstić information content (AvgIpc) is 2.77. The highest BCUT2D eigenvalue weighted by Crippen LogP contribution is 2.09. The second kappa shape index (κ2) is 7.75. The molecule has 2 N–H and O–H groups in total. The Labute approximate surface area is 122 Å². The number of nitrogens with one attached hydrogen (secondary N) is 2. The summed E-state index contributed by atoms with van der Waals surface area (Å²) in [5.41, 5.74) is 0. The molecule has 0 aromatic carbocycles. The second-order valence-electron chi connectivity index (χ2n) is 5.36. The molecule has 0 aliphatic carbocycles. The molecule has 0 amide bonds. The van der Waals surface area contributed by atoms with Crippen molar-refractivity contribution in [3.05, 3.63) is 12.4 Å². The van der Waals surface area contributed by atoms with Crippen LogP contribution < -0.4 is 10.0 Å². The van der Waals surface area contributed by atoms with E-state index < -0.39 is 10.0 Å². The third-order valence-electron chi connectivity index (χ3n) is 2.89. The quantitative estimate of drug-likeness (QED) is 0.722. The number of hydrogen-bond acceptors (Lipinski definition) is 4. The molecule has 1 aromatic heterocycles. The monoisotopic (exact) mass is 302 g/mol. The summed E-state index contributed by atoms with van der Waals surface area (Å²) in [5, 5.41) is 7.36. The van der Waals surface area contributed by atoms with Crippen LogP contribution in [0.15, 0.2) is 17.3 Å². The minimum absolute atomic E-state index is 0.0593. The van der Waals surface area contributed by atoms with Crippen LogP contribution in [0.1, 0.15) is 40.5 Å². The maximum absolute atomic E-state index is 12.1. The van der Waals surface area contributed by atoms with Crippen LogP contribution in [0.3, 0.4) is 0 Å². The molecule has 1 unspecified atom stereocenters. The zero-order valence-corrected chi connectivity index (χ0v) is 13.6. The van der Waals surface area contributed by atoms with Gasteiger partial charge in [0.05, 0.1) is 12.7 Å². The van der Waals surface area contributed by atoms with Crippen molar-refractivity contribution in [2.75, 3.05) is 6.54 Å². The van der Waals surface area contributed by atoms with E-state index in [1.165, 1.54) is 6.20 Å². The number of sulfonamides is 1. The molecule has 0 aliphatic rings. The van der Waals surface area contributed by atoms with Gasteiger partial charge >= 0.3 is 0 Å². The molecule has 0 radical (unpaired) electrons. The van der Waals surface area contributed by atoms with Crippen LogP contribution in [-0.2, 0) is 16.6 Å². The van der Waals surface area contributed by atoms with Gasteiger partial charge in [-0.25, -0.2) is 13.1 Å². The van der Waals surface area contributed by atoms with Gasteiger partial charge in [0.2, 0.25) is 10.0 Å². The fraction of sp³-hybridized carbons (Fsp3) is 0.769. The molecule has 0 aliphatic heterocycles. The first-order chi connectivity index (χ1) is 9.35. The van der Waals surface area contributed by atoms with Gasteiger partial charge in [-0.1, -0.05) is 27.2 Å². The molecule has 0 bridgehead atoms. The summed E-state index contributed by atoms with van der Waals surface area (Å²) in [6, 6.07) is 0.348. The standard InChI is InChI=1S/C13H26N4O2S/c1-5-6-12(4)16-20(18,19)13-9-15-17(10-13)8-7-14-11(2)3/h9-12,14,16H,5-8H2,1-4H3. The van der Waals surface area contributed by atoms with Gasteiger partial charge < -0.3 is 5.32 Å².